The van der Waals surface area contributed by atoms with Gasteiger partial charge >= 0.3 is 6.36 Å². The van der Waals surface area contributed by atoms with Crippen LogP contribution in [0.3, 0.4) is 0 Å². The molecule has 0 aliphatic carbocycles. The molecule has 0 heterocycles. The quantitative estimate of drug-likeness (QED) is 0.801. The zero-order chi connectivity index (χ0) is 16.1. The van der Waals surface area contributed by atoms with Crippen LogP contribution in [-0.4, -0.2) is 34.9 Å². The van der Waals surface area contributed by atoms with E-state index in [1.54, 1.807) is 7.05 Å². The second-order valence-corrected chi connectivity index (χ2v) is 6.30. The highest BCUT2D eigenvalue weighted by molar-refractivity contribution is 7.89. The van der Waals surface area contributed by atoms with E-state index >= 15 is 0 Å². The third-order valence-corrected chi connectivity index (χ3v) is 3.95. The van der Waals surface area contributed by atoms with E-state index in [9.17, 15) is 21.6 Å². The molecule has 1 aromatic carbocycles. The number of alkyl halides is 3. The molecule has 0 saturated heterocycles. The number of halogens is 3. The lowest BCUT2D eigenvalue weighted by Crippen LogP contribution is -2.32. The van der Waals surface area contributed by atoms with Gasteiger partial charge in [0.25, 0.3) is 0 Å². The van der Waals surface area contributed by atoms with Crippen LogP contribution < -0.4 is 14.8 Å². The van der Waals surface area contributed by atoms with Crippen molar-refractivity contribution in [1.29, 1.82) is 0 Å². The lowest BCUT2D eigenvalue weighted by atomic mass is 10.2. The molecule has 1 unspecified atom stereocenters. The second kappa shape index (κ2) is 7.10. The number of sulfonamides is 1. The minimum Gasteiger partial charge on any atom is -0.406 e. The molecule has 2 N–H and O–H groups in total. The van der Waals surface area contributed by atoms with Crippen LogP contribution in [0.5, 0.6) is 5.75 Å². The number of benzene rings is 1. The molecule has 9 heteroatoms. The third kappa shape index (κ3) is 6.32. The van der Waals surface area contributed by atoms with Crippen LogP contribution in [0.25, 0.3) is 0 Å². The minimum absolute atomic E-state index is 0.0411. The Morgan fingerprint density at radius 1 is 1.29 bits per heavy atom. The lowest BCUT2D eigenvalue weighted by Gasteiger charge is -2.13. The summed E-state index contributed by atoms with van der Waals surface area (Å²) in [7, 11) is -2.14. The van der Waals surface area contributed by atoms with Gasteiger partial charge in [0.1, 0.15) is 5.75 Å². The molecule has 0 bridgehead atoms. The van der Waals surface area contributed by atoms with Gasteiger partial charge < -0.3 is 10.1 Å². The van der Waals surface area contributed by atoms with Crippen molar-refractivity contribution in [2.24, 2.45) is 5.92 Å². The van der Waals surface area contributed by atoms with Crippen molar-refractivity contribution in [2.75, 3.05) is 20.1 Å². The summed E-state index contributed by atoms with van der Waals surface area (Å²) in [6.45, 7) is 2.62. The van der Waals surface area contributed by atoms with Crippen LogP contribution in [0.2, 0.25) is 0 Å². The summed E-state index contributed by atoms with van der Waals surface area (Å²) >= 11 is 0. The van der Waals surface area contributed by atoms with Gasteiger partial charge in [-0.15, -0.1) is 13.2 Å². The summed E-state index contributed by atoms with van der Waals surface area (Å²) < 4.78 is 66.4. The maximum absolute atomic E-state index is 12.1. The summed E-state index contributed by atoms with van der Waals surface area (Å²) in [4.78, 5) is -0.277. The van der Waals surface area contributed by atoms with E-state index < -0.39 is 22.1 Å². The van der Waals surface area contributed by atoms with Crippen molar-refractivity contribution in [1.82, 2.24) is 10.0 Å². The average molecular weight is 326 g/mol. The Balaban J connectivity index is 2.81. The summed E-state index contributed by atoms with van der Waals surface area (Å²) in [6.07, 6.45) is -4.86. The summed E-state index contributed by atoms with van der Waals surface area (Å²) in [5, 5.41) is 2.90. The Morgan fingerprint density at radius 3 is 2.52 bits per heavy atom. The largest absolute Gasteiger partial charge is 0.573 e. The number of nitrogens with one attached hydrogen (secondary N) is 2. The van der Waals surface area contributed by atoms with E-state index in [2.05, 4.69) is 14.8 Å². The molecule has 0 fully saturated rings. The summed E-state index contributed by atoms with van der Waals surface area (Å²) in [6, 6.07) is 4.26. The Morgan fingerprint density at radius 2 is 1.95 bits per heavy atom. The smallest absolute Gasteiger partial charge is 0.406 e. The molecule has 0 aliphatic heterocycles. The average Bonchev–Trinajstić information content (AvgIpc) is 2.35. The second-order valence-electron chi connectivity index (χ2n) is 4.54. The fourth-order valence-corrected chi connectivity index (χ4v) is 2.79. The van der Waals surface area contributed by atoms with Crippen LogP contribution in [0.4, 0.5) is 13.2 Å². The van der Waals surface area contributed by atoms with Crippen LogP contribution in [0.1, 0.15) is 6.92 Å². The topological polar surface area (TPSA) is 67.4 Å². The third-order valence-electron chi connectivity index (χ3n) is 2.52. The molecular formula is C12H17F3N2O3S. The highest BCUT2D eigenvalue weighted by atomic mass is 32.2. The predicted molar refractivity (Wildman–Crippen MR) is 71.4 cm³/mol. The van der Waals surface area contributed by atoms with E-state index in [4.69, 9.17) is 0 Å². The minimum atomic E-state index is -4.86. The molecule has 0 radical (unpaired) electrons. The first-order chi connectivity index (χ1) is 9.64. The van der Waals surface area contributed by atoms with E-state index in [1.165, 1.54) is 12.1 Å². The molecule has 0 saturated carbocycles. The van der Waals surface area contributed by atoms with Crippen molar-refractivity contribution in [2.45, 2.75) is 18.2 Å². The van der Waals surface area contributed by atoms with Crippen LogP contribution in [0, 0.1) is 5.92 Å². The van der Waals surface area contributed by atoms with Gasteiger partial charge in [-0.2, -0.15) is 0 Å². The molecule has 21 heavy (non-hydrogen) atoms. The molecule has 1 aromatic rings. The van der Waals surface area contributed by atoms with Gasteiger partial charge in [-0.25, -0.2) is 13.1 Å². The van der Waals surface area contributed by atoms with E-state index in [-0.39, 0.29) is 17.4 Å². The van der Waals surface area contributed by atoms with Crippen LogP contribution in [-0.2, 0) is 10.0 Å². The molecule has 5 nitrogen and oxygen atoms in total. The lowest BCUT2D eigenvalue weighted by molar-refractivity contribution is -0.274. The van der Waals surface area contributed by atoms with Gasteiger partial charge in [-0.05, 0) is 31.6 Å². The van der Waals surface area contributed by atoms with Crippen molar-refractivity contribution >= 4 is 10.0 Å². The molecule has 0 aliphatic rings. The highest BCUT2D eigenvalue weighted by Gasteiger charge is 2.31. The molecule has 1 rings (SSSR count). The normalized spacial score (nSPS) is 14.0. The number of rotatable bonds is 7. The van der Waals surface area contributed by atoms with E-state index in [0.29, 0.717) is 6.54 Å². The zero-order valence-corrected chi connectivity index (χ0v) is 12.4. The molecule has 120 valence electrons. The van der Waals surface area contributed by atoms with Gasteiger partial charge in [-0.1, -0.05) is 13.0 Å². The SMILES string of the molecule is CNCC(C)CNS(=O)(=O)c1cccc(OC(F)(F)F)c1. The van der Waals surface area contributed by atoms with Gasteiger partial charge in [0.05, 0.1) is 4.90 Å². The standard InChI is InChI=1S/C12H17F3N2O3S/c1-9(7-16-2)8-17-21(18,19)11-5-3-4-10(6-11)20-12(13,14)15/h3-6,9,16-17H,7-8H2,1-2H3. The Bertz CT molecular complexity index is 561. The van der Waals surface area contributed by atoms with Gasteiger partial charge in [0.2, 0.25) is 10.0 Å². The molecular weight excluding hydrogens is 309 g/mol. The van der Waals surface area contributed by atoms with Crippen LogP contribution in [0.15, 0.2) is 29.2 Å². The van der Waals surface area contributed by atoms with Gasteiger partial charge in [0.15, 0.2) is 0 Å². The number of hydrogen-bond acceptors (Lipinski definition) is 4. The Labute approximate surface area is 121 Å². The predicted octanol–water partition coefficient (Wildman–Crippen LogP) is 1.72. The molecule has 0 spiro atoms. The molecule has 0 aromatic heterocycles. The first-order valence-corrected chi connectivity index (χ1v) is 7.62. The number of hydrogen-bond donors (Lipinski definition) is 2. The zero-order valence-electron chi connectivity index (χ0n) is 11.6. The fourth-order valence-electron chi connectivity index (χ4n) is 1.59. The van der Waals surface area contributed by atoms with Crippen molar-refractivity contribution in [3.8, 4) is 5.75 Å². The van der Waals surface area contributed by atoms with Gasteiger partial charge in [-0.3, -0.25) is 0 Å². The van der Waals surface area contributed by atoms with Crippen molar-refractivity contribution in [3.63, 3.8) is 0 Å². The van der Waals surface area contributed by atoms with Gasteiger partial charge in [0, 0.05) is 12.6 Å². The summed E-state index contributed by atoms with van der Waals surface area (Å²) in [5.74, 6) is -0.534. The Hall–Kier alpha value is -1.32. The molecule has 0 amide bonds. The van der Waals surface area contributed by atoms with Crippen molar-refractivity contribution < 1.29 is 26.3 Å². The monoisotopic (exact) mass is 326 g/mol. The maximum Gasteiger partial charge on any atom is 0.573 e. The number of ether oxygens (including phenoxy) is 1. The van der Waals surface area contributed by atoms with Crippen molar-refractivity contribution in [3.05, 3.63) is 24.3 Å². The van der Waals surface area contributed by atoms with Crippen LogP contribution >= 0.6 is 0 Å². The Kier molecular flexibility index (Phi) is 5.99. The van der Waals surface area contributed by atoms with E-state index in [0.717, 1.165) is 12.1 Å². The highest BCUT2D eigenvalue weighted by Crippen LogP contribution is 2.24. The summed E-state index contributed by atoms with van der Waals surface area (Å²) in [5.41, 5.74) is 0. The first kappa shape index (κ1) is 17.7. The first-order valence-electron chi connectivity index (χ1n) is 6.14. The molecule has 1 atom stereocenters. The maximum atomic E-state index is 12.1. The fraction of sp³-hybridized carbons (Fsp3) is 0.500. The van der Waals surface area contributed by atoms with E-state index in [1.807, 2.05) is 6.92 Å².